The van der Waals surface area contributed by atoms with Crippen LogP contribution >= 0.6 is 11.8 Å². The maximum atomic E-state index is 12.8. The number of aryl methyl sites for hydroxylation is 3. The normalized spacial score (nSPS) is 14.6. The molecule has 2 aromatic carbocycles. The summed E-state index contributed by atoms with van der Waals surface area (Å²) in [5, 5.41) is 13.3. The number of carbonyl (C=O) groups excluding carboxylic acids is 4. The van der Waals surface area contributed by atoms with Crippen molar-refractivity contribution in [2.75, 3.05) is 11.9 Å². The van der Waals surface area contributed by atoms with Gasteiger partial charge in [0, 0.05) is 17.3 Å². The number of hydrogen-bond donors (Lipinski definition) is 1. The van der Waals surface area contributed by atoms with Crippen molar-refractivity contribution >= 4 is 46.5 Å². The summed E-state index contributed by atoms with van der Waals surface area (Å²) < 4.78 is 5.78. The third-order valence-electron chi connectivity index (χ3n) is 5.60. The van der Waals surface area contributed by atoms with Gasteiger partial charge in [0.25, 0.3) is 11.1 Å². The number of carbonyl (C=O) groups is 4. The lowest BCUT2D eigenvalue weighted by atomic mass is 10.0. The van der Waals surface area contributed by atoms with Gasteiger partial charge in [0.1, 0.15) is 18.1 Å². The van der Waals surface area contributed by atoms with Crippen LogP contribution in [0.2, 0.25) is 0 Å². The number of benzene rings is 2. The molecule has 3 aromatic rings. The number of thioether (sulfide) groups is 1. The van der Waals surface area contributed by atoms with Gasteiger partial charge in [0.05, 0.1) is 10.9 Å². The van der Waals surface area contributed by atoms with Crippen molar-refractivity contribution in [2.45, 2.75) is 20.8 Å². The third kappa shape index (κ3) is 5.20. The molecule has 178 valence electrons. The minimum absolute atomic E-state index is 0.0174. The maximum absolute atomic E-state index is 12.8. The first-order valence-corrected chi connectivity index (χ1v) is 11.5. The molecular formula is C26H21N2O6S-. The zero-order valence-corrected chi connectivity index (χ0v) is 20.0. The minimum atomic E-state index is -1.30. The number of nitrogens with one attached hydrogen (secondary N) is 1. The SMILES string of the molecule is Cc1ccc(NC(=O)CN2C(=O)S/C(=C/c3ccc(-c4cc(C(=O)[O-])ccc4C)o3)C2=O)cc1C. The molecule has 1 aliphatic heterocycles. The fourth-order valence-corrected chi connectivity index (χ4v) is 4.34. The smallest absolute Gasteiger partial charge is 0.294 e. The molecule has 9 heteroatoms. The van der Waals surface area contributed by atoms with Crippen LogP contribution in [0.25, 0.3) is 17.4 Å². The van der Waals surface area contributed by atoms with Crippen molar-refractivity contribution in [3.63, 3.8) is 0 Å². The zero-order valence-electron chi connectivity index (χ0n) is 19.2. The Bertz CT molecular complexity index is 1400. The average molecular weight is 490 g/mol. The van der Waals surface area contributed by atoms with Crippen molar-refractivity contribution in [3.8, 4) is 11.3 Å². The molecule has 1 aliphatic rings. The lowest BCUT2D eigenvalue weighted by Crippen LogP contribution is -2.36. The van der Waals surface area contributed by atoms with E-state index in [4.69, 9.17) is 4.42 Å². The van der Waals surface area contributed by atoms with Gasteiger partial charge >= 0.3 is 0 Å². The van der Waals surface area contributed by atoms with Crippen molar-refractivity contribution in [1.82, 2.24) is 4.90 Å². The van der Waals surface area contributed by atoms with E-state index in [-0.39, 0.29) is 10.5 Å². The molecule has 0 atom stereocenters. The first kappa shape index (κ1) is 24.0. The first-order valence-electron chi connectivity index (χ1n) is 10.7. The van der Waals surface area contributed by atoms with E-state index in [1.54, 1.807) is 24.3 Å². The van der Waals surface area contributed by atoms with Crippen molar-refractivity contribution in [2.24, 2.45) is 0 Å². The largest absolute Gasteiger partial charge is 0.545 e. The molecule has 1 N–H and O–H groups in total. The molecular weight excluding hydrogens is 468 g/mol. The van der Waals surface area contributed by atoms with Crippen LogP contribution in [0.5, 0.6) is 0 Å². The van der Waals surface area contributed by atoms with Crippen LogP contribution in [-0.4, -0.2) is 34.5 Å². The Hall–Kier alpha value is -4.11. The van der Waals surface area contributed by atoms with Gasteiger partial charge < -0.3 is 19.6 Å². The lowest BCUT2D eigenvalue weighted by molar-refractivity contribution is -0.255. The van der Waals surface area contributed by atoms with E-state index in [1.807, 2.05) is 32.9 Å². The molecule has 0 saturated carbocycles. The van der Waals surface area contributed by atoms with E-state index in [0.29, 0.717) is 34.5 Å². The van der Waals surface area contributed by atoms with Gasteiger partial charge in [-0.3, -0.25) is 19.3 Å². The van der Waals surface area contributed by atoms with Crippen molar-refractivity contribution in [3.05, 3.63) is 81.5 Å². The number of nitrogens with zero attached hydrogens (tertiary/aromatic N) is 1. The number of rotatable bonds is 6. The maximum Gasteiger partial charge on any atom is 0.294 e. The highest BCUT2D eigenvalue weighted by Crippen LogP contribution is 2.34. The van der Waals surface area contributed by atoms with Crippen LogP contribution in [0.1, 0.15) is 32.8 Å². The number of carboxylic acids is 1. The number of imide groups is 1. The highest BCUT2D eigenvalue weighted by Gasteiger charge is 2.36. The molecule has 8 nitrogen and oxygen atoms in total. The molecule has 3 amide bonds. The number of amides is 3. The van der Waals surface area contributed by atoms with Gasteiger partial charge in [-0.05, 0) is 85.1 Å². The van der Waals surface area contributed by atoms with E-state index in [9.17, 15) is 24.3 Å². The summed E-state index contributed by atoms with van der Waals surface area (Å²) >= 11 is 0.716. The molecule has 0 aliphatic carbocycles. The summed E-state index contributed by atoms with van der Waals surface area (Å²) in [7, 11) is 0. The van der Waals surface area contributed by atoms with E-state index in [2.05, 4.69) is 5.32 Å². The molecule has 2 heterocycles. The van der Waals surface area contributed by atoms with Crippen LogP contribution < -0.4 is 10.4 Å². The van der Waals surface area contributed by atoms with E-state index < -0.39 is 29.6 Å². The topological polar surface area (TPSA) is 120 Å². The monoisotopic (exact) mass is 489 g/mol. The van der Waals surface area contributed by atoms with Crippen LogP contribution in [0, 0.1) is 20.8 Å². The number of aromatic carboxylic acids is 1. The van der Waals surface area contributed by atoms with Gasteiger partial charge in [-0.1, -0.05) is 18.2 Å². The Morgan fingerprint density at radius 2 is 1.74 bits per heavy atom. The standard InChI is InChI=1S/C26H22N2O6S/c1-14-5-7-18(10-16(14)3)27-23(29)13-28-24(30)22(35-26(28)33)12-19-8-9-21(34-19)20-11-17(25(31)32)6-4-15(20)2/h4-12H,13H2,1-3H3,(H,27,29)(H,31,32)/p-1/b22-12+. The number of hydrogen-bond acceptors (Lipinski definition) is 7. The first-order chi connectivity index (χ1) is 16.6. The summed E-state index contributed by atoms with van der Waals surface area (Å²) in [6, 6.07) is 13.3. The number of furan rings is 1. The summed E-state index contributed by atoms with van der Waals surface area (Å²) in [4.78, 5) is 49.8. The highest BCUT2D eigenvalue weighted by atomic mass is 32.2. The van der Waals surface area contributed by atoms with E-state index >= 15 is 0 Å². The molecule has 35 heavy (non-hydrogen) atoms. The number of carboxylic acid groups (broad SMARTS) is 1. The number of anilines is 1. The minimum Gasteiger partial charge on any atom is -0.545 e. The quantitative estimate of drug-likeness (QED) is 0.521. The van der Waals surface area contributed by atoms with Gasteiger partial charge in [0.2, 0.25) is 5.91 Å². The summed E-state index contributed by atoms with van der Waals surface area (Å²) in [5.41, 5.74) is 4.07. The Morgan fingerprint density at radius 1 is 1.00 bits per heavy atom. The Balaban J connectivity index is 1.48. The molecule has 0 unspecified atom stereocenters. The molecule has 1 aromatic heterocycles. The Labute approximate surface area is 205 Å². The highest BCUT2D eigenvalue weighted by molar-refractivity contribution is 8.18. The van der Waals surface area contributed by atoms with Gasteiger partial charge in [-0.2, -0.15) is 0 Å². The van der Waals surface area contributed by atoms with Gasteiger partial charge in [0.15, 0.2) is 0 Å². The van der Waals surface area contributed by atoms with Crippen molar-refractivity contribution < 1.29 is 28.7 Å². The van der Waals surface area contributed by atoms with E-state index in [0.717, 1.165) is 21.6 Å². The van der Waals surface area contributed by atoms with Crippen molar-refractivity contribution in [1.29, 1.82) is 0 Å². The van der Waals surface area contributed by atoms with Crippen LogP contribution in [-0.2, 0) is 9.59 Å². The second kappa shape index (κ2) is 9.63. The molecule has 1 saturated heterocycles. The third-order valence-corrected chi connectivity index (χ3v) is 6.51. The Morgan fingerprint density at radius 3 is 2.46 bits per heavy atom. The fourth-order valence-electron chi connectivity index (χ4n) is 3.52. The predicted octanol–water partition coefficient (Wildman–Crippen LogP) is 3.91. The van der Waals surface area contributed by atoms with Gasteiger partial charge in [-0.25, -0.2) is 0 Å². The average Bonchev–Trinajstić information content (AvgIpc) is 3.36. The van der Waals surface area contributed by atoms with Crippen LogP contribution in [0.3, 0.4) is 0 Å². The predicted molar refractivity (Wildman–Crippen MR) is 130 cm³/mol. The van der Waals surface area contributed by atoms with E-state index in [1.165, 1.54) is 18.2 Å². The second-order valence-electron chi connectivity index (χ2n) is 8.13. The lowest BCUT2D eigenvalue weighted by Gasteiger charge is -2.13. The van der Waals surface area contributed by atoms with Crippen LogP contribution in [0.4, 0.5) is 10.5 Å². The molecule has 1 fully saturated rings. The molecule has 0 bridgehead atoms. The fraction of sp³-hybridized carbons (Fsp3) is 0.154. The summed E-state index contributed by atoms with van der Waals surface area (Å²) in [6.45, 7) is 5.29. The molecule has 4 rings (SSSR count). The van der Waals surface area contributed by atoms with Gasteiger partial charge in [-0.15, -0.1) is 0 Å². The summed E-state index contributed by atoms with van der Waals surface area (Å²) in [6.07, 6.45) is 1.42. The molecule has 0 spiro atoms. The Kier molecular flexibility index (Phi) is 6.61. The molecule has 0 radical (unpaired) electrons. The zero-order chi connectivity index (χ0) is 25.3. The summed E-state index contributed by atoms with van der Waals surface area (Å²) in [5.74, 6) is -1.66. The van der Waals surface area contributed by atoms with Crippen LogP contribution in [0.15, 0.2) is 57.9 Å². The second-order valence-corrected chi connectivity index (χ2v) is 9.13.